The van der Waals surface area contributed by atoms with Crippen LogP contribution in [0.2, 0.25) is 0 Å². The Morgan fingerprint density at radius 2 is 2.33 bits per heavy atom. The van der Waals surface area contributed by atoms with Crippen molar-refractivity contribution in [3.63, 3.8) is 0 Å². The molecule has 0 radical (unpaired) electrons. The van der Waals surface area contributed by atoms with E-state index in [1.165, 1.54) is 0 Å². The molecular weight excluding hydrogens is 208 g/mol. The number of anilines is 1. The number of pyridine rings is 1. The largest absolute Gasteiger partial charge is 0.389 e. The molecule has 0 atom stereocenters. The Morgan fingerprint density at radius 3 is 2.93 bits per heavy atom. The molecule has 5 heteroatoms. The zero-order valence-corrected chi connectivity index (χ0v) is 9.84. The van der Waals surface area contributed by atoms with Gasteiger partial charge in [0.15, 0.2) is 0 Å². The Labute approximate surface area is 95.5 Å². The summed E-state index contributed by atoms with van der Waals surface area (Å²) in [6.07, 6.45) is 3.43. The highest BCUT2D eigenvalue weighted by Crippen LogP contribution is 2.12. The summed E-state index contributed by atoms with van der Waals surface area (Å²) in [4.78, 5) is 6.53. The van der Waals surface area contributed by atoms with Gasteiger partial charge in [-0.05, 0) is 20.2 Å². The normalized spacial score (nSPS) is 10.3. The van der Waals surface area contributed by atoms with Crippen LogP contribution in [0.3, 0.4) is 0 Å². The average Bonchev–Trinajstić information content (AvgIpc) is 2.17. The molecular formula is C10H16N4S. The Morgan fingerprint density at radius 1 is 1.60 bits per heavy atom. The summed E-state index contributed by atoms with van der Waals surface area (Å²) in [5.74, 6) is 0. The van der Waals surface area contributed by atoms with Gasteiger partial charge in [0.25, 0.3) is 0 Å². The highest BCUT2D eigenvalue weighted by Gasteiger charge is 2.03. The molecule has 82 valence electrons. The van der Waals surface area contributed by atoms with Gasteiger partial charge in [-0.25, -0.2) is 0 Å². The number of nitrogens with two attached hydrogens (primary N) is 1. The number of aromatic nitrogens is 1. The number of hydrogen-bond acceptors (Lipinski definition) is 4. The zero-order valence-electron chi connectivity index (χ0n) is 9.03. The fourth-order valence-corrected chi connectivity index (χ4v) is 1.34. The molecule has 15 heavy (non-hydrogen) atoms. The first kappa shape index (κ1) is 11.9. The molecule has 0 spiro atoms. The monoisotopic (exact) mass is 224 g/mol. The van der Waals surface area contributed by atoms with Crippen LogP contribution in [0.1, 0.15) is 5.56 Å². The average molecular weight is 224 g/mol. The van der Waals surface area contributed by atoms with E-state index in [9.17, 15) is 0 Å². The van der Waals surface area contributed by atoms with E-state index in [1.54, 1.807) is 12.4 Å². The standard InChI is InChI=1S/C10H16N4S/c1-14(2)6-5-13-9-7-12-4-3-8(9)10(11)15/h3-4,7,13H,5-6H2,1-2H3,(H2,11,15). The van der Waals surface area contributed by atoms with Crippen molar-refractivity contribution in [2.24, 2.45) is 5.73 Å². The molecule has 0 fully saturated rings. The minimum absolute atomic E-state index is 0.393. The lowest BCUT2D eigenvalue weighted by Gasteiger charge is -2.13. The molecule has 1 aromatic rings. The first-order valence-corrected chi connectivity index (χ1v) is 5.14. The highest BCUT2D eigenvalue weighted by atomic mass is 32.1. The van der Waals surface area contributed by atoms with Gasteiger partial charge in [0, 0.05) is 24.8 Å². The van der Waals surface area contributed by atoms with Crippen LogP contribution in [0.15, 0.2) is 18.5 Å². The third-order valence-electron chi connectivity index (χ3n) is 1.96. The van der Waals surface area contributed by atoms with Crippen LogP contribution in [-0.4, -0.2) is 42.1 Å². The minimum atomic E-state index is 0.393. The number of thiocarbonyl (C=S) groups is 1. The highest BCUT2D eigenvalue weighted by molar-refractivity contribution is 7.80. The van der Waals surface area contributed by atoms with Crippen LogP contribution in [-0.2, 0) is 0 Å². The Bertz CT molecular complexity index is 338. The second-order valence-electron chi connectivity index (χ2n) is 3.52. The van der Waals surface area contributed by atoms with Crippen molar-refractivity contribution in [1.29, 1.82) is 0 Å². The van der Waals surface area contributed by atoms with Crippen molar-refractivity contribution in [2.75, 3.05) is 32.5 Å². The van der Waals surface area contributed by atoms with Crippen molar-refractivity contribution in [2.45, 2.75) is 0 Å². The van der Waals surface area contributed by atoms with Crippen LogP contribution < -0.4 is 11.1 Å². The molecule has 1 heterocycles. The second kappa shape index (κ2) is 5.63. The maximum absolute atomic E-state index is 5.60. The van der Waals surface area contributed by atoms with Crippen LogP contribution in [0.4, 0.5) is 5.69 Å². The van der Waals surface area contributed by atoms with E-state index in [2.05, 4.69) is 15.2 Å². The summed E-state index contributed by atoms with van der Waals surface area (Å²) < 4.78 is 0. The topological polar surface area (TPSA) is 54.2 Å². The fourth-order valence-electron chi connectivity index (χ4n) is 1.16. The van der Waals surface area contributed by atoms with E-state index in [4.69, 9.17) is 18.0 Å². The minimum Gasteiger partial charge on any atom is -0.389 e. The lowest BCUT2D eigenvalue weighted by molar-refractivity contribution is 0.425. The van der Waals surface area contributed by atoms with E-state index in [0.717, 1.165) is 24.3 Å². The molecule has 4 nitrogen and oxygen atoms in total. The summed E-state index contributed by atoms with van der Waals surface area (Å²) in [6.45, 7) is 1.79. The number of hydrogen-bond donors (Lipinski definition) is 2. The summed E-state index contributed by atoms with van der Waals surface area (Å²) in [5, 5.41) is 3.25. The van der Waals surface area contributed by atoms with E-state index < -0.39 is 0 Å². The third-order valence-corrected chi connectivity index (χ3v) is 2.18. The van der Waals surface area contributed by atoms with Gasteiger partial charge in [-0.1, -0.05) is 12.2 Å². The lowest BCUT2D eigenvalue weighted by atomic mass is 10.2. The Balaban J connectivity index is 2.63. The molecule has 0 saturated heterocycles. The van der Waals surface area contributed by atoms with E-state index >= 15 is 0 Å². The fraction of sp³-hybridized carbons (Fsp3) is 0.400. The molecule has 0 amide bonds. The maximum Gasteiger partial charge on any atom is 0.106 e. The lowest BCUT2D eigenvalue weighted by Crippen LogP contribution is -2.22. The number of likely N-dealkylation sites (N-methyl/N-ethyl adjacent to an activating group) is 1. The number of rotatable bonds is 5. The molecule has 0 aliphatic heterocycles. The van der Waals surface area contributed by atoms with Gasteiger partial charge in [0.1, 0.15) is 4.99 Å². The van der Waals surface area contributed by atoms with Crippen molar-refractivity contribution in [1.82, 2.24) is 9.88 Å². The molecule has 0 aliphatic rings. The molecule has 0 bridgehead atoms. The van der Waals surface area contributed by atoms with Gasteiger partial charge in [-0.2, -0.15) is 0 Å². The third kappa shape index (κ3) is 3.81. The van der Waals surface area contributed by atoms with Gasteiger partial charge in [-0.3, -0.25) is 4.98 Å². The van der Waals surface area contributed by atoms with E-state index in [-0.39, 0.29) is 0 Å². The van der Waals surface area contributed by atoms with Crippen LogP contribution >= 0.6 is 12.2 Å². The van der Waals surface area contributed by atoms with Crippen LogP contribution in [0.5, 0.6) is 0 Å². The quantitative estimate of drug-likeness (QED) is 0.721. The summed E-state index contributed by atoms with van der Waals surface area (Å²) in [6, 6.07) is 1.82. The molecule has 1 aromatic heterocycles. The molecule has 0 aliphatic carbocycles. The van der Waals surface area contributed by atoms with E-state index in [0.29, 0.717) is 4.99 Å². The predicted molar refractivity (Wildman–Crippen MR) is 67.2 cm³/mol. The number of nitrogens with one attached hydrogen (secondary N) is 1. The van der Waals surface area contributed by atoms with Crippen molar-refractivity contribution in [3.05, 3.63) is 24.0 Å². The second-order valence-corrected chi connectivity index (χ2v) is 3.96. The van der Waals surface area contributed by atoms with Gasteiger partial charge in [0.05, 0.1) is 11.9 Å². The molecule has 0 saturated carbocycles. The van der Waals surface area contributed by atoms with Crippen molar-refractivity contribution >= 4 is 22.9 Å². The van der Waals surface area contributed by atoms with Crippen molar-refractivity contribution < 1.29 is 0 Å². The molecule has 3 N–H and O–H groups in total. The Hall–Kier alpha value is -1.20. The Kier molecular flexibility index (Phi) is 4.45. The SMILES string of the molecule is CN(C)CCNc1cnccc1C(N)=S. The van der Waals surface area contributed by atoms with Gasteiger partial charge in [0.2, 0.25) is 0 Å². The van der Waals surface area contributed by atoms with Gasteiger partial charge < -0.3 is 16.0 Å². The summed E-state index contributed by atoms with van der Waals surface area (Å²) in [5.41, 5.74) is 7.34. The smallest absolute Gasteiger partial charge is 0.106 e. The van der Waals surface area contributed by atoms with Crippen molar-refractivity contribution in [3.8, 4) is 0 Å². The molecule has 1 rings (SSSR count). The molecule has 0 unspecified atom stereocenters. The molecule has 0 aromatic carbocycles. The maximum atomic E-state index is 5.60. The van der Waals surface area contributed by atoms with Crippen LogP contribution in [0, 0.1) is 0 Å². The van der Waals surface area contributed by atoms with Crippen LogP contribution in [0.25, 0.3) is 0 Å². The van der Waals surface area contributed by atoms with E-state index in [1.807, 2.05) is 20.2 Å². The number of nitrogens with zero attached hydrogens (tertiary/aromatic N) is 2. The summed E-state index contributed by atoms with van der Waals surface area (Å²) in [7, 11) is 4.05. The predicted octanol–water partition coefficient (Wildman–Crippen LogP) is 0.689. The summed E-state index contributed by atoms with van der Waals surface area (Å²) >= 11 is 4.95. The van der Waals surface area contributed by atoms with Gasteiger partial charge in [-0.15, -0.1) is 0 Å². The van der Waals surface area contributed by atoms with Gasteiger partial charge >= 0.3 is 0 Å². The first-order chi connectivity index (χ1) is 7.11. The zero-order chi connectivity index (χ0) is 11.3. The first-order valence-electron chi connectivity index (χ1n) is 4.73.